The third-order valence-corrected chi connectivity index (χ3v) is 3.69. The molecule has 0 spiro atoms. The summed E-state index contributed by atoms with van der Waals surface area (Å²) in [5, 5.41) is 9.75. The molecule has 22 heavy (non-hydrogen) atoms. The topological polar surface area (TPSA) is 49.8 Å². The third-order valence-electron chi connectivity index (χ3n) is 3.69. The van der Waals surface area contributed by atoms with Crippen LogP contribution in [0.15, 0.2) is 12.1 Å². The summed E-state index contributed by atoms with van der Waals surface area (Å²) in [6.07, 6.45) is -0.326. The molecule has 4 nitrogen and oxygen atoms in total. The number of hydrogen-bond donors (Lipinski definition) is 1. The van der Waals surface area contributed by atoms with E-state index in [1.807, 2.05) is 0 Å². The maximum absolute atomic E-state index is 14.1. The fraction of sp³-hybridized carbons (Fsp3) is 0.500. The summed E-state index contributed by atoms with van der Waals surface area (Å²) in [7, 11) is 0. The number of likely N-dealkylation sites (tertiary alicyclic amines) is 1. The molecule has 1 aromatic rings. The van der Waals surface area contributed by atoms with Gasteiger partial charge in [0.15, 0.2) is 11.6 Å². The Kier molecular flexibility index (Phi) is 4.90. The number of piperidine rings is 1. The van der Waals surface area contributed by atoms with Gasteiger partial charge in [-0.05, 0) is 24.5 Å². The number of β-amino-alcohol motifs (C(OH)–C–C–N with tert-alkyl or cyclic N) is 1. The fourth-order valence-corrected chi connectivity index (χ4v) is 2.31. The minimum absolute atomic E-state index is 0.0350. The van der Waals surface area contributed by atoms with E-state index in [0.717, 1.165) is 4.90 Å². The van der Waals surface area contributed by atoms with Gasteiger partial charge in [-0.25, -0.2) is 8.78 Å². The standard InChI is InChI=1S/C14H15F4NO3/c1-7-4-5-19(6-9(7)20)13(21)11-8(15)2-3-10(12(11)16)22-14(17)18/h2-3,7,9,14,20H,4-6H2,1H3. The van der Waals surface area contributed by atoms with Gasteiger partial charge in [-0.2, -0.15) is 8.78 Å². The zero-order chi connectivity index (χ0) is 16.4. The molecule has 1 N–H and O–H groups in total. The van der Waals surface area contributed by atoms with E-state index in [2.05, 4.69) is 4.74 Å². The maximum atomic E-state index is 14.1. The molecule has 8 heteroatoms. The van der Waals surface area contributed by atoms with Crippen molar-refractivity contribution in [3.63, 3.8) is 0 Å². The zero-order valence-corrected chi connectivity index (χ0v) is 11.7. The second-order valence-corrected chi connectivity index (χ2v) is 5.20. The molecule has 0 aromatic heterocycles. The number of hydrogen-bond acceptors (Lipinski definition) is 3. The van der Waals surface area contributed by atoms with Crippen molar-refractivity contribution in [3.05, 3.63) is 29.3 Å². The SMILES string of the molecule is CC1CCN(C(=O)c2c(F)ccc(OC(F)F)c2F)CC1O. The van der Waals surface area contributed by atoms with Crippen LogP contribution in [0, 0.1) is 17.6 Å². The molecule has 0 radical (unpaired) electrons. The Labute approximate surface area is 124 Å². The lowest BCUT2D eigenvalue weighted by atomic mass is 9.95. The molecular weight excluding hydrogens is 306 g/mol. The molecule has 1 aromatic carbocycles. The van der Waals surface area contributed by atoms with Gasteiger partial charge in [0.2, 0.25) is 0 Å². The maximum Gasteiger partial charge on any atom is 0.387 e. The Morgan fingerprint density at radius 3 is 2.68 bits per heavy atom. The number of alkyl halides is 2. The first kappa shape index (κ1) is 16.5. The van der Waals surface area contributed by atoms with E-state index in [1.54, 1.807) is 6.92 Å². The fourth-order valence-electron chi connectivity index (χ4n) is 2.31. The van der Waals surface area contributed by atoms with E-state index >= 15 is 0 Å². The summed E-state index contributed by atoms with van der Waals surface area (Å²) >= 11 is 0. The highest BCUT2D eigenvalue weighted by Gasteiger charge is 2.32. The van der Waals surface area contributed by atoms with Gasteiger partial charge in [0.25, 0.3) is 5.91 Å². The van der Waals surface area contributed by atoms with Crippen molar-refractivity contribution in [1.82, 2.24) is 4.90 Å². The van der Waals surface area contributed by atoms with Crippen LogP contribution in [0.1, 0.15) is 23.7 Å². The van der Waals surface area contributed by atoms with Crippen LogP contribution in [0.2, 0.25) is 0 Å². The van der Waals surface area contributed by atoms with Crippen molar-refractivity contribution in [2.75, 3.05) is 13.1 Å². The number of ether oxygens (including phenoxy) is 1. The average Bonchev–Trinajstić information content (AvgIpc) is 2.44. The Bertz CT molecular complexity index is 567. The van der Waals surface area contributed by atoms with Gasteiger partial charge < -0.3 is 14.7 Å². The quantitative estimate of drug-likeness (QED) is 0.870. The Morgan fingerprint density at radius 1 is 1.41 bits per heavy atom. The molecule has 2 atom stereocenters. The largest absolute Gasteiger partial charge is 0.432 e. The van der Waals surface area contributed by atoms with E-state index in [-0.39, 0.29) is 19.0 Å². The Hall–Kier alpha value is -1.83. The third kappa shape index (κ3) is 3.32. The first-order valence-electron chi connectivity index (χ1n) is 6.71. The van der Waals surface area contributed by atoms with Crippen molar-refractivity contribution in [3.8, 4) is 5.75 Å². The molecule has 1 heterocycles. The highest BCUT2D eigenvalue weighted by Crippen LogP contribution is 2.27. The zero-order valence-electron chi connectivity index (χ0n) is 11.7. The number of carbonyl (C=O) groups excluding carboxylic acids is 1. The van der Waals surface area contributed by atoms with Crippen LogP contribution >= 0.6 is 0 Å². The lowest BCUT2D eigenvalue weighted by Crippen LogP contribution is -2.46. The van der Waals surface area contributed by atoms with Crippen LogP contribution in [-0.4, -0.2) is 41.7 Å². The van der Waals surface area contributed by atoms with Gasteiger partial charge in [-0.1, -0.05) is 6.92 Å². The Morgan fingerprint density at radius 2 is 2.09 bits per heavy atom. The van der Waals surface area contributed by atoms with E-state index in [9.17, 15) is 27.5 Å². The molecule has 1 saturated heterocycles. The summed E-state index contributed by atoms with van der Waals surface area (Å²) in [6, 6.07) is 1.39. The van der Waals surface area contributed by atoms with Crippen molar-refractivity contribution < 1.29 is 32.2 Å². The first-order chi connectivity index (χ1) is 10.3. The van der Waals surface area contributed by atoms with E-state index in [4.69, 9.17) is 0 Å². The molecule has 1 amide bonds. The molecule has 0 aliphatic carbocycles. The van der Waals surface area contributed by atoms with Crippen molar-refractivity contribution >= 4 is 5.91 Å². The second kappa shape index (κ2) is 6.51. The molecule has 0 saturated carbocycles. The van der Waals surface area contributed by atoms with Crippen molar-refractivity contribution in [2.24, 2.45) is 5.92 Å². The normalized spacial score (nSPS) is 22.0. The Balaban J connectivity index is 2.29. The average molecular weight is 321 g/mol. The van der Waals surface area contributed by atoms with Crippen LogP contribution in [0.4, 0.5) is 17.6 Å². The summed E-state index contributed by atoms with van der Waals surface area (Å²) in [5.74, 6) is -4.57. The number of aliphatic hydroxyl groups excluding tert-OH is 1. The molecule has 0 bridgehead atoms. The van der Waals surface area contributed by atoms with Gasteiger partial charge in [0.1, 0.15) is 11.4 Å². The van der Waals surface area contributed by atoms with Crippen LogP contribution in [0.25, 0.3) is 0 Å². The summed E-state index contributed by atoms with van der Waals surface area (Å²) in [5.41, 5.74) is -0.958. The smallest absolute Gasteiger partial charge is 0.387 e. The molecule has 1 aliphatic heterocycles. The van der Waals surface area contributed by atoms with Crippen LogP contribution < -0.4 is 4.74 Å². The number of halogens is 4. The number of aliphatic hydroxyl groups is 1. The van der Waals surface area contributed by atoms with E-state index in [1.165, 1.54) is 0 Å². The molecule has 2 rings (SSSR count). The summed E-state index contributed by atoms with van der Waals surface area (Å²) in [4.78, 5) is 13.3. The first-order valence-corrected chi connectivity index (χ1v) is 6.71. The number of amides is 1. The molecule has 1 fully saturated rings. The molecule has 2 unspecified atom stereocenters. The minimum Gasteiger partial charge on any atom is -0.432 e. The van der Waals surface area contributed by atoms with E-state index < -0.39 is 41.6 Å². The second-order valence-electron chi connectivity index (χ2n) is 5.20. The number of carbonyl (C=O) groups is 1. The van der Waals surface area contributed by atoms with Crippen molar-refractivity contribution in [2.45, 2.75) is 26.1 Å². The van der Waals surface area contributed by atoms with Gasteiger partial charge in [-0.15, -0.1) is 0 Å². The predicted octanol–water partition coefficient (Wildman–Crippen LogP) is 2.41. The lowest BCUT2D eigenvalue weighted by molar-refractivity contribution is -0.0523. The highest BCUT2D eigenvalue weighted by atomic mass is 19.3. The summed E-state index contributed by atoms with van der Waals surface area (Å²) in [6.45, 7) is -1.35. The van der Waals surface area contributed by atoms with E-state index in [0.29, 0.717) is 18.6 Å². The predicted molar refractivity (Wildman–Crippen MR) is 68.7 cm³/mol. The molecule has 122 valence electrons. The van der Waals surface area contributed by atoms with Crippen molar-refractivity contribution in [1.29, 1.82) is 0 Å². The summed E-state index contributed by atoms with van der Waals surface area (Å²) < 4.78 is 56.1. The number of nitrogens with zero attached hydrogens (tertiary/aromatic N) is 1. The lowest BCUT2D eigenvalue weighted by Gasteiger charge is -2.34. The van der Waals surface area contributed by atoms with Gasteiger partial charge in [-0.3, -0.25) is 4.79 Å². The minimum atomic E-state index is -3.29. The monoisotopic (exact) mass is 321 g/mol. The van der Waals surface area contributed by atoms with Crippen LogP contribution in [0.5, 0.6) is 5.75 Å². The highest BCUT2D eigenvalue weighted by molar-refractivity contribution is 5.95. The number of rotatable bonds is 3. The molecular formula is C14H15F4NO3. The number of benzene rings is 1. The van der Waals surface area contributed by atoms with Crippen LogP contribution in [0.3, 0.4) is 0 Å². The van der Waals surface area contributed by atoms with Gasteiger partial charge >= 0.3 is 6.61 Å². The van der Waals surface area contributed by atoms with Gasteiger partial charge in [0, 0.05) is 13.1 Å². The molecule has 1 aliphatic rings. The van der Waals surface area contributed by atoms with Crippen LogP contribution in [-0.2, 0) is 0 Å². The van der Waals surface area contributed by atoms with Gasteiger partial charge in [0.05, 0.1) is 6.10 Å².